The third-order valence-electron chi connectivity index (χ3n) is 4.31. The van der Waals surface area contributed by atoms with Gasteiger partial charge in [-0.3, -0.25) is 9.78 Å². The number of anilines is 1. The Bertz CT molecular complexity index is 528. The lowest BCUT2D eigenvalue weighted by Gasteiger charge is -2.28. The van der Waals surface area contributed by atoms with Crippen LogP contribution in [0.15, 0.2) is 6.07 Å². The van der Waals surface area contributed by atoms with Crippen LogP contribution in [0, 0.1) is 19.8 Å². The molecule has 0 spiro atoms. The van der Waals surface area contributed by atoms with E-state index in [4.69, 9.17) is 5.73 Å². The SMILES string of the molecule is Cc1cc(N2CC[C@H]3CNC[C@H]32)c(C(N)=O)c(C)n1. The Kier molecular flexibility index (Phi) is 2.93. The summed E-state index contributed by atoms with van der Waals surface area (Å²) in [6, 6.07) is 2.48. The van der Waals surface area contributed by atoms with Crippen molar-refractivity contribution in [1.82, 2.24) is 10.3 Å². The molecule has 0 saturated carbocycles. The smallest absolute Gasteiger partial charge is 0.252 e. The molecule has 0 aliphatic carbocycles. The molecular formula is C14H20N4O. The molecule has 0 unspecified atom stereocenters. The predicted molar refractivity (Wildman–Crippen MR) is 74.3 cm³/mol. The molecule has 2 atom stereocenters. The van der Waals surface area contributed by atoms with Gasteiger partial charge in [0.15, 0.2) is 0 Å². The lowest BCUT2D eigenvalue weighted by atomic mass is 10.0. The summed E-state index contributed by atoms with van der Waals surface area (Å²) in [5.74, 6) is 0.309. The topological polar surface area (TPSA) is 71.2 Å². The molecule has 19 heavy (non-hydrogen) atoms. The van der Waals surface area contributed by atoms with Crippen molar-refractivity contribution >= 4 is 11.6 Å². The van der Waals surface area contributed by atoms with Crippen LogP contribution in [0.2, 0.25) is 0 Å². The third kappa shape index (κ3) is 1.98. The van der Waals surface area contributed by atoms with E-state index in [0.717, 1.165) is 36.7 Å². The Balaban J connectivity index is 2.06. The summed E-state index contributed by atoms with van der Waals surface area (Å²) in [4.78, 5) is 18.5. The highest BCUT2D eigenvalue weighted by Gasteiger charge is 2.39. The molecule has 0 aromatic carbocycles. The largest absolute Gasteiger partial charge is 0.366 e. The van der Waals surface area contributed by atoms with Gasteiger partial charge >= 0.3 is 0 Å². The van der Waals surface area contributed by atoms with Crippen LogP contribution in [0.5, 0.6) is 0 Å². The van der Waals surface area contributed by atoms with Crippen LogP contribution in [0.25, 0.3) is 0 Å². The van der Waals surface area contributed by atoms with Crippen molar-refractivity contribution in [3.8, 4) is 0 Å². The van der Waals surface area contributed by atoms with Crippen molar-refractivity contribution in [1.29, 1.82) is 0 Å². The molecule has 2 fully saturated rings. The van der Waals surface area contributed by atoms with Gasteiger partial charge in [0.25, 0.3) is 5.91 Å². The summed E-state index contributed by atoms with van der Waals surface area (Å²) in [6.45, 7) is 6.89. The number of nitrogens with zero attached hydrogens (tertiary/aromatic N) is 2. The monoisotopic (exact) mass is 260 g/mol. The van der Waals surface area contributed by atoms with Gasteiger partial charge in [-0.1, -0.05) is 0 Å². The third-order valence-corrected chi connectivity index (χ3v) is 4.31. The van der Waals surface area contributed by atoms with Crippen LogP contribution in [-0.2, 0) is 0 Å². The molecule has 3 rings (SSSR count). The summed E-state index contributed by atoms with van der Waals surface area (Å²) in [5.41, 5.74) is 8.77. The van der Waals surface area contributed by atoms with Crippen molar-refractivity contribution in [2.75, 3.05) is 24.5 Å². The minimum Gasteiger partial charge on any atom is -0.366 e. The molecule has 5 nitrogen and oxygen atoms in total. The molecule has 2 aliphatic rings. The first-order chi connectivity index (χ1) is 9.08. The molecule has 0 radical (unpaired) electrons. The van der Waals surface area contributed by atoms with E-state index in [9.17, 15) is 4.79 Å². The lowest BCUT2D eigenvalue weighted by Crippen LogP contribution is -2.36. The summed E-state index contributed by atoms with van der Waals surface area (Å²) < 4.78 is 0. The van der Waals surface area contributed by atoms with E-state index >= 15 is 0 Å². The minimum atomic E-state index is -0.380. The number of fused-ring (bicyclic) bond motifs is 1. The number of nitrogens with one attached hydrogen (secondary N) is 1. The second-order valence-electron chi connectivity index (χ2n) is 5.58. The Hall–Kier alpha value is -1.62. The zero-order valence-corrected chi connectivity index (χ0v) is 11.4. The van der Waals surface area contributed by atoms with Gasteiger partial charge in [0.2, 0.25) is 0 Å². The van der Waals surface area contributed by atoms with Crippen LogP contribution < -0.4 is 16.0 Å². The van der Waals surface area contributed by atoms with Crippen LogP contribution in [0.1, 0.15) is 28.2 Å². The zero-order valence-electron chi connectivity index (χ0n) is 11.4. The first-order valence-corrected chi connectivity index (χ1v) is 6.83. The van der Waals surface area contributed by atoms with Gasteiger partial charge in [-0.05, 0) is 32.3 Å². The van der Waals surface area contributed by atoms with E-state index in [1.807, 2.05) is 19.9 Å². The normalized spacial score (nSPS) is 25.7. The fourth-order valence-corrected chi connectivity index (χ4v) is 3.49. The number of carbonyl (C=O) groups is 1. The summed E-state index contributed by atoms with van der Waals surface area (Å²) in [7, 11) is 0. The highest BCUT2D eigenvalue weighted by Crippen LogP contribution is 2.34. The Morgan fingerprint density at radius 3 is 3.00 bits per heavy atom. The standard InChI is InChI=1S/C14H20N4O/c1-8-5-11(13(14(15)19)9(2)17-8)18-4-3-10-6-16-7-12(10)18/h5,10,12,16H,3-4,6-7H2,1-2H3,(H2,15,19)/t10-,12+/m0/s1. The van der Waals surface area contributed by atoms with Gasteiger partial charge in [-0.25, -0.2) is 0 Å². The van der Waals surface area contributed by atoms with E-state index in [-0.39, 0.29) is 5.91 Å². The number of carbonyl (C=O) groups excluding carboxylic acids is 1. The van der Waals surface area contributed by atoms with E-state index in [1.165, 1.54) is 6.42 Å². The first kappa shape index (κ1) is 12.4. The van der Waals surface area contributed by atoms with Gasteiger partial charge in [-0.15, -0.1) is 0 Å². The average Bonchev–Trinajstić information content (AvgIpc) is 2.87. The average molecular weight is 260 g/mol. The highest BCUT2D eigenvalue weighted by molar-refractivity contribution is 6.00. The minimum absolute atomic E-state index is 0.380. The van der Waals surface area contributed by atoms with E-state index < -0.39 is 0 Å². The Morgan fingerprint density at radius 1 is 1.47 bits per heavy atom. The maximum Gasteiger partial charge on any atom is 0.252 e. The van der Waals surface area contributed by atoms with Gasteiger partial charge < -0.3 is 16.0 Å². The fraction of sp³-hybridized carbons (Fsp3) is 0.571. The van der Waals surface area contributed by atoms with Crippen LogP contribution in [-0.4, -0.2) is 36.6 Å². The molecule has 0 bridgehead atoms. The summed E-state index contributed by atoms with van der Waals surface area (Å²) in [6.07, 6.45) is 1.18. The molecular weight excluding hydrogens is 240 g/mol. The number of nitrogens with two attached hydrogens (primary N) is 1. The van der Waals surface area contributed by atoms with Gasteiger partial charge in [0.1, 0.15) is 0 Å². The molecule has 1 amide bonds. The molecule has 3 heterocycles. The van der Waals surface area contributed by atoms with Gasteiger partial charge in [0, 0.05) is 31.4 Å². The molecule has 2 aliphatic heterocycles. The maximum absolute atomic E-state index is 11.7. The molecule has 1 aromatic rings. The van der Waals surface area contributed by atoms with E-state index in [1.54, 1.807) is 0 Å². The quantitative estimate of drug-likeness (QED) is 0.816. The van der Waals surface area contributed by atoms with Crippen molar-refractivity contribution in [2.24, 2.45) is 11.7 Å². The van der Waals surface area contributed by atoms with Gasteiger partial charge in [0.05, 0.1) is 16.9 Å². The molecule has 1 aromatic heterocycles. The van der Waals surface area contributed by atoms with Gasteiger partial charge in [-0.2, -0.15) is 0 Å². The molecule has 5 heteroatoms. The molecule has 2 saturated heterocycles. The van der Waals surface area contributed by atoms with E-state index in [0.29, 0.717) is 17.5 Å². The number of hydrogen-bond acceptors (Lipinski definition) is 4. The van der Waals surface area contributed by atoms with Crippen molar-refractivity contribution in [3.05, 3.63) is 23.0 Å². The number of pyridine rings is 1. The fourth-order valence-electron chi connectivity index (χ4n) is 3.49. The number of amides is 1. The number of aryl methyl sites for hydroxylation is 2. The maximum atomic E-state index is 11.7. The second-order valence-corrected chi connectivity index (χ2v) is 5.58. The van der Waals surface area contributed by atoms with Crippen LogP contribution in [0.4, 0.5) is 5.69 Å². The first-order valence-electron chi connectivity index (χ1n) is 6.83. The van der Waals surface area contributed by atoms with Crippen LogP contribution in [0.3, 0.4) is 0 Å². The van der Waals surface area contributed by atoms with Crippen molar-refractivity contribution < 1.29 is 4.79 Å². The van der Waals surface area contributed by atoms with Crippen LogP contribution >= 0.6 is 0 Å². The molecule has 102 valence electrons. The zero-order chi connectivity index (χ0) is 13.6. The molecule has 3 N–H and O–H groups in total. The number of primary amides is 1. The Labute approximate surface area is 113 Å². The highest BCUT2D eigenvalue weighted by atomic mass is 16.1. The van der Waals surface area contributed by atoms with Crippen molar-refractivity contribution in [3.63, 3.8) is 0 Å². The Morgan fingerprint density at radius 2 is 2.26 bits per heavy atom. The summed E-state index contributed by atoms with van der Waals surface area (Å²) in [5, 5.41) is 3.43. The number of aromatic nitrogens is 1. The number of hydrogen-bond donors (Lipinski definition) is 2. The summed E-state index contributed by atoms with van der Waals surface area (Å²) >= 11 is 0. The number of rotatable bonds is 2. The van der Waals surface area contributed by atoms with E-state index in [2.05, 4.69) is 15.2 Å². The van der Waals surface area contributed by atoms with Crippen molar-refractivity contribution in [2.45, 2.75) is 26.3 Å². The predicted octanol–water partition coefficient (Wildman–Crippen LogP) is 0.595. The second kappa shape index (κ2) is 4.49. The lowest BCUT2D eigenvalue weighted by molar-refractivity contribution is 0.0999.